The highest BCUT2D eigenvalue weighted by Crippen LogP contribution is 2.38. The van der Waals surface area contributed by atoms with Crippen molar-refractivity contribution in [2.45, 2.75) is 6.92 Å². The minimum Gasteiger partial charge on any atom is -0.494 e. The quantitative estimate of drug-likeness (QED) is 0.592. The van der Waals surface area contributed by atoms with Crippen LogP contribution in [0.1, 0.15) is 27.6 Å². The number of hydrogen-bond donors (Lipinski definition) is 2. The van der Waals surface area contributed by atoms with Gasteiger partial charge in [-0.05, 0) is 43.3 Å². The van der Waals surface area contributed by atoms with Crippen molar-refractivity contribution in [3.05, 3.63) is 47.5 Å². The summed E-state index contributed by atoms with van der Waals surface area (Å²) in [6.07, 6.45) is 0. The van der Waals surface area contributed by atoms with Crippen molar-refractivity contribution in [2.24, 2.45) is 0 Å². The fraction of sp³-hybridized carbons (Fsp3) is 0.333. The van der Waals surface area contributed by atoms with Crippen molar-refractivity contribution in [1.29, 1.82) is 0 Å². The van der Waals surface area contributed by atoms with Crippen LogP contribution in [0.25, 0.3) is 0 Å². The van der Waals surface area contributed by atoms with Crippen LogP contribution in [0.15, 0.2) is 36.4 Å². The Labute approximate surface area is 170 Å². The Hall–Kier alpha value is -3.42. The van der Waals surface area contributed by atoms with Crippen LogP contribution in [-0.2, 0) is 0 Å². The zero-order chi connectivity index (χ0) is 21.2. The van der Waals surface area contributed by atoms with Crippen molar-refractivity contribution < 1.29 is 28.5 Å². The summed E-state index contributed by atoms with van der Waals surface area (Å²) in [7, 11) is 4.46. The maximum Gasteiger partial charge on any atom is 0.251 e. The molecule has 0 fully saturated rings. The first-order chi connectivity index (χ1) is 14.0. The lowest BCUT2D eigenvalue weighted by Crippen LogP contribution is -2.34. The highest BCUT2D eigenvalue weighted by Gasteiger charge is 2.16. The fourth-order valence-electron chi connectivity index (χ4n) is 2.64. The van der Waals surface area contributed by atoms with E-state index in [1.807, 2.05) is 6.92 Å². The van der Waals surface area contributed by atoms with E-state index < -0.39 is 0 Å². The first kappa shape index (κ1) is 21.9. The molecule has 0 spiro atoms. The Balaban J connectivity index is 1.88. The van der Waals surface area contributed by atoms with Crippen LogP contribution in [0.3, 0.4) is 0 Å². The number of hydrogen-bond acceptors (Lipinski definition) is 6. The van der Waals surface area contributed by atoms with Crippen LogP contribution >= 0.6 is 0 Å². The standard InChI is InChI=1S/C21H26N2O6/c1-5-29-16-8-6-14(7-9-16)20(24)22-10-11-23-21(25)15-12-17(26-2)19(28-4)18(13-15)27-3/h6-9,12-13H,5,10-11H2,1-4H3,(H,22,24)(H,23,25). The van der Waals surface area contributed by atoms with E-state index in [1.54, 1.807) is 36.4 Å². The van der Waals surface area contributed by atoms with Gasteiger partial charge in [0.25, 0.3) is 11.8 Å². The Kier molecular flexibility index (Phi) is 8.14. The fourth-order valence-corrected chi connectivity index (χ4v) is 2.64. The van der Waals surface area contributed by atoms with Gasteiger partial charge in [0.05, 0.1) is 27.9 Å². The number of methoxy groups -OCH3 is 3. The summed E-state index contributed by atoms with van der Waals surface area (Å²) in [6, 6.07) is 9.99. The monoisotopic (exact) mass is 402 g/mol. The number of nitrogens with one attached hydrogen (secondary N) is 2. The molecule has 8 nitrogen and oxygen atoms in total. The van der Waals surface area contributed by atoms with Crippen molar-refractivity contribution in [3.8, 4) is 23.0 Å². The molecule has 0 aromatic heterocycles. The van der Waals surface area contributed by atoms with Gasteiger partial charge in [0.15, 0.2) is 11.5 Å². The van der Waals surface area contributed by atoms with Crippen LogP contribution in [0.4, 0.5) is 0 Å². The highest BCUT2D eigenvalue weighted by molar-refractivity contribution is 5.96. The summed E-state index contributed by atoms with van der Waals surface area (Å²) in [5.41, 5.74) is 0.877. The van der Waals surface area contributed by atoms with Gasteiger partial charge in [-0.1, -0.05) is 0 Å². The van der Waals surface area contributed by atoms with Crippen LogP contribution in [0.5, 0.6) is 23.0 Å². The Morgan fingerprint density at radius 2 is 1.31 bits per heavy atom. The number of amides is 2. The number of rotatable bonds is 10. The average Bonchev–Trinajstić information content (AvgIpc) is 2.75. The van der Waals surface area contributed by atoms with Gasteiger partial charge in [-0.2, -0.15) is 0 Å². The van der Waals surface area contributed by atoms with Crippen LogP contribution < -0.4 is 29.6 Å². The van der Waals surface area contributed by atoms with Crippen molar-refractivity contribution in [1.82, 2.24) is 10.6 Å². The molecule has 0 unspecified atom stereocenters. The zero-order valence-corrected chi connectivity index (χ0v) is 17.0. The number of carbonyl (C=O) groups is 2. The topological polar surface area (TPSA) is 95.1 Å². The average molecular weight is 402 g/mol. The lowest BCUT2D eigenvalue weighted by molar-refractivity contribution is 0.0927. The molecule has 2 aromatic rings. The Morgan fingerprint density at radius 3 is 1.76 bits per heavy atom. The largest absolute Gasteiger partial charge is 0.494 e. The molecule has 156 valence electrons. The van der Waals surface area contributed by atoms with Gasteiger partial charge in [0, 0.05) is 24.2 Å². The molecular weight excluding hydrogens is 376 g/mol. The maximum absolute atomic E-state index is 12.4. The van der Waals surface area contributed by atoms with Gasteiger partial charge in [0.2, 0.25) is 5.75 Å². The second-order valence-electron chi connectivity index (χ2n) is 5.88. The third-order valence-corrected chi connectivity index (χ3v) is 4.05. The summed E-state index contributed by atoms with van der Waals surface area (Å²) >= 11 is 0. The molecule has 0 bridgehead atoms. The van der Waals surface area contributed by atoms with Crippen molar-refractivity contribution >= 4 is 11.8 Å². The summed E-state index contributed by atoms with van der Waals surface area (Å²) in [4.78, 5) is 24.6. The van der Waals surface area contributed by atoms with Gasteiger partial charge in [-0.15, -0.1) is 0 Å². The Bertz CT molecular complexity index is 811. The van der Waals surface area contributed by atoms with Crippen LogP contribution in [0, 0.1) is 0 Å². The van der Waals surface area contributed by atoms with Crippen LogP contribution in [-0.4, -0.2) is 52.8 Å². The number of benzene rings is 2. The first-order valence-corrected chi connectivity index (χ1v) is 9.13. The van der Waals surface area contributed by atoms with E-state index in [0.29, 0.717) is 40.7 Å². The van der Waals surface area contributed by atoms with Gasteiger partial charge in [-0.3, -0.25) is 9.59 Å². The predicted molar refractivity (Wildman–Crippen MR) is 108 cm³/mol. The molecule has 0 aliphatic rings. The van der Waals surface area contributed by atoms with E-state index in [4.69, 9.17) is 18.9 Å². The van der Waals surface area contributed by atoms with E-state index in [-0.39, 0.29) is 24.9 Å². The van der Waals surface area contributed by atoms with Gasteiger partial charge < -0.3 is 29.6 Å². The first-order valence-electron chi connectivity index (χ1n) is 9.13. The minimum absolute atomic E-state index is 0.227. The van der Waals surface area contributed by atoms with Crippen molar-refractivity contribution in [2.75, 3.05) is 41.0 Å². The van der Waals surface area contributed by atoms with Gasteiger partial charge in [-0.25, -0.2) is 0 Å². The van der Waals surface area contributed by atoms with Crippen molar-refractivity contribution in [3.63, 3.8) is 0 Å². The van der Waals surface area contributed by atoms with Gasteiger partial charge in [0.1, 0.15) is 5.75 Å². The SMILES string of the molecule is CCOc1ccc(C(=O)NCCNC(=O)c2cc(OC)c(OC)c(OC)c2)cc1. The normalized spacial score (nSPS) is 10.1. The lowest BCUT2D eigenvalue weighted by atomic mass is 10.1. The second kappa shape index (κ2) is 10.8. The molecule has 2 aromatic carbocycles. The maximum atomic E-state index is 12.4. The predicted octanol–water partition coefficient (Wildman–Crippen LogP) is 2.27. The molecule has 0 aliphatic carbocycles. The number of ether oxygens (including phenoxy) is 4. The minimum atomic E-state index is -0.320. The molecule has 0 heterocycles. The molecular formula is C21H26N2O6. The second-order valence-corrected chi connectivity index (χ2v) is 5.88. The summed E-state index contributed by atoms with van der Waals surface area (Å²) in [5.74, 6) is 1.35. The molecule has 0 aliphatic heterocycles. The van der Waals surface area contributed by atoms with E-state index in [2.05, 4.69) is 10.6 Å². The molecule has 2 amide bonds. The lowest BCUT2D eigenvalue weighted by Gasteiger charge is -2.14. The summed E-state index contributed by atoms with van der Waals surface area (Å²) < 4.78 is 21.1. The molecule has 0 saturated carbocycles. The molecule has 8 heteroatoms. The van der Waals surface area contributed by atoms with Gasteiger partial charge >= 0.3 is 0 Å². The number of carbonyl (C=O) groups excluding carboxylic acids is 2. The smallest absolute Gasteiger partial charge is 0.251 e. The van der Waals surface area contributed by atoms with E-state index >= 15 is 0 Å². The molecule has 2 N–H and O–H groups in total. The summed E-state index contributed by atoms with van der Waals surface area (Å²) in [6.45, 7) is 3.00. The molecule has 29 heavy (non-hydrogen) atoms. The van der Waals surface area contributed by atoms with E-state index in [0.717, 1.165) is 0 Å². The third-order valence-electron chi connectivity index (χ3n) is 4.05. The van der Waals surface area contributed by atoms with E-state index in [1.165, 1.54) is 21.3 Å². The van der Waals surface area contributed by atoms with E-state index in [9.17, 15) is 9.59 Å². The summed E-state index contributed by atoms with van der Waals surface area (Å²) in [5, 5.41) is 5.50. The Morgan fingerprint density at radius 1 is 0.793 bits per heavy atom. The molecule has 2 rings (SSSR count). The zero-order valence-electron chi connectivity index (χ0n) is 17.0. The molecule has 0 atom stereocenters. The third kappa shape index (κ3) is 5.78. The highest BCUT2D eigenvalue weighted by atomic mass is 16.5. The molecule has 0 saturated heterocycles. The van der Waals surface area contributed by atoms with Crippen LogP contribution in [0.2, 0.25) is 0 Å². The molecule has 0 radical (unpaired) electrons.